The number of ether oxygens (including phenoxy) is 2. The van der Waals surface area contributed by atoms with Crippen molar-refractivity contribution in [1.29, 1.82) is 0 Å². The molecule has 0 radical (unpaired) electrons. The molecule has 112 valence electrons. The SMILES string of the molecule is CCOC(=O)CCCC(=O)OCCCCCCCBr. The number of esters is 2. The van der Waals surface area contributed by atoms with Gasteiger partial charge in [0.05, 0.1) is 13.2 Å². The van der Waals surface area contributed by atoms with Crippen LogP contribution in [0.1, 0.15) is 58.3 Å². The van der Waals surface area contributed by atoms with Crippen LogP contribution in [0.25, 0.3) is 0 Å². The lowest BCUT2D eigenvalue weighted by Crippen LogP contribution is -2.08. The van der Waals surface area contributed by atoms with Crippen LogP contribution in [0.2, 0.25) is 0 Å². The zero-order chi connectivity index (χ0) is 14.3. The molecule has 0 spiro atoms. The fourth-order valence-corrected chi connectivity index (χ4v) is 1.99. The number of hydrogen-bond donors (Lipinski definition) is 0. The Hall–Kier alpha value is -0.580. The monoisotopic (exact) mass is 336 g/mol. The maximum Gasteiger partial charge on any atom is 0.305 e. The van der Waals surface area contributed by atoms with Gasteiger partial charge in [0.25, 0.3) is 0 Å². The highest BCUT2D eigenvalue weighted by atomic mass is 79.9. The third kappa shape index (κ3) is 13.6. The van der Waals surface area contributed by atoms with Gasteiger partial charge in [-0.3, -0.25) is 9.59 Å². The van der Waals surface area contributed by atoms with Gasteiger partial charge in [0.2, 0.25) is 0 Å². The molecule has 0 atom stereocenters. The van der Waals surface area contributed by atoms with Crippen LogP contribution < -0.4 is 0 Å². The Bertz CT molecular complexity index is 244. The number of alkyl halides is 1. The van der Waals surface area contributed by atoms with Crippen molar-refractivity contribution >= 4 is 27.9 Å². The van der Waals surface area contributed by atoms with Crippen LogP contribution in [0.4, 0.5) is 0 Å². The minimum absolute atomic E-state index is 0.218. The zero-order valence-electron chi connectivity index (χ0n) is 11.8. The first-order valence-electron chi connectivity index (χ1n) is 7.08. The first-order chi connectivity index (χ1) is 9.20. The Balaban J connectivity index is 3.28. The molecule has 0 aliphatic heterocycles. The van der Waals surface area contributed by atoms with E-state index in [0.717, 1.165) is 18.2 Å². The second-order valence-corrected chi connectivity index (χ2v) is 5.13. The lowest BCUT2D eigenvalue weighted by Gasteiger charge is -2.05. The van der Waals surface area contributed by atoms with Crippen molar-refractivity contribution in [3.63, 3.8) is 0 Å². The van der Waals surface area contributed by atoms with Gasteiger partial charge < -0.3 is 9.47 Å². The van der Waals surface area contributed by atoms with Crippen LogP contribution in [0.3, 0.4) is 0 Å². The highest BCUT2D eigenvalue weighted by Crippen LogP contribution is 2.05. The van der Waals surface area contributed by atoms with Gasteiger partial charge in [-0.25, -0.2) is 0 Å². The largest absolute Gasteiger partial charge is 0.466 e. The predicted molar refractivity (Wildman–Crippen MR) is 78.3 cm³/mol. The van der Waals surface area contributed by atoms with E-state index >= 15 is 0 Å². The van der Waals surface area contributed by atoms with Gasteiger partial charge in [-0.1, -0.05) is 35.2 Å². The van der Waals surface area contributed by atoms with Gasteiger partial charge in [0.15, 0.2) is 0 Å². The third-order valence-electron chi connectivity index (χ3n) is 2.61. The van der Waals surface area contributed by atoms with E-state index < -0.39 is 0 Å². The molecule has 0 unspecified atom stereocenters. The third-order valence-corrected chi connectivity index (χ3v) is 3.17. The van der Waals surface area contributed by atoms with Crippen molar-refractivity contribution in [2.24, 2.45) is 0 Å². The maximum atomic E-state index is 11.3. The van der Waals surface area contributed by atoms with Crippen LogP contribution in [-0.4, -0.2) is 30.5 Å². The topological polar surface area (TPSA) is 52.6 Å². The summed E-state index contributed by atoms with van der Waals surface area (Å²) < 4.78 is 9.86. The molecule has 5 heteroatoms. The molecule has 0 aromatic rings. The van der Waals surface area contributed by atoms with Crippen molar-refractivity contribution in [2.75, 3.05) is 18.5 Å². The lowest BCUT2D eigenvalue weighted by molar-refractivity contribution is -0.145. The number of carbonyl (C=O) groups excluding carboxylic acids is 2. The van der Waals surface area contributed by atoms with E-state index in [9.17, 15) is 9.59 Å². The summed E-state index contributed by atoms with van der Waals surface area (Å²) in [5.74, 6) is -0.466. The number of carbonyl (C=O) groups is 2. The molecule has 0 rings (SSSR count). The van der Waals surface area contributed by atoms with Crippen molar-refractivity contribution in [2.45, 2.75) is 58.3 Å². The number of hydrogen-bond acceptors (Lipinski definition) is 4. The zero-order valence-corrected chi connectivity index (χ0v) is 13.4. The van der Waals surface area contributed by atoms with Crippen molar-refractivity contribution in [3.05, 3.63) is 0 Å². The molecule has 0 N–H and O–H groups in total. The molecule has 0 bridgehead atoms. The quantitative estimate of drug-likeness (QED) is 0.310. The maximum absolute atomic E-state index is 11.3. The summed E-state index contributed by atoms with van der Waals surface area (Å²) in [6.45, 7) is 2.65. The van der Waals surface area contributed by atoms with E-state index in [1.807, 2.05) is 0 Å². The second kappa shape index (κ2) is 13.8. The lowest BCUT2D eigenvalue weighted by atomic mass is 10.2. The number of halogens is 1. The molecule has 0 saturated carbocycles. The summed E-state index contributed by atoms with van der Waals surface area (Å²) in [5, 5.41) is 1.06. The Morgan fingerprint density at radius 2 is 1.42 bits per heavy atom. The summed E-state index contributed by atoms with van der Waals surface area (Å²) in [4.78, 5) is 22.4. The van der Waals surface area contributed by atoms with Crippen LogP contribution in [0.15, 0.2) is 0 Å². The number of unbranched alkanes of at least 4 members (excludes halogenated alkanes) is 4. The summed E-state index contributed by atoms with van der Waals surface area (Å²) in [6.07, 6.45) is 6.72. The summed E-state index contributed by atoms with van der Waals surface area (Å²) in [7, 11) is 0. The molecular weight excluding hydrogens is 312 g/mol. The van der Waals surface area contributed by atoms with Crippen molar-refractivity contribution < 1.29 is 19.1 Å². The molecule has 0 fully saturated rings. The smallest absolute Gasteiger partial charge is 0.305 e. The predicted octanol–water partition coefficient (Wildman–Crippen LogP) is 3.61. The molecule has 0 aliphatic rings. The van der Waals surface area contributed by atoms with E-state index in [0.29, 0.717) is 26.1 Å². The summed E-state index contributed by atoms with van der Waals surface area (Å²) in [6, 6.07) is 0. The van der Waals surface area contributed by atoms with Crippen LogP contribution in [0, 0.1) is 0 Å². The van der Waals surface area contributed by atoms with E-state index in [2.05, 4.69) is 15.9 Å². The summed E-state index contributed by atoms with van der Waals surface area (Å²) >= 11 is 3.39. The molecule has 19 heavy (non-hydrogen) atoms. The molecule has 0 aromatic heterocycles. The molecule has 0 aliphatic carbocycles. The summed E-state index contributed by atoms with van der Waals surface area (Å²) in [5.41, 5.74) is 0. The van der Waals surface area contributed by atoms with Gasteiger partial charge in [-0.15, -0.1) is 0 Å². The van der Waals surface area contributed by atoms with Gasteiger partial charge in [0.1, 0.15) is 0 Å². The first-order valence-corrected chi connectivity index (χ1v) is 8.20. The highest BCUT2D eigenvalue weighted by molar-refractivity contribution is 9.09. The molecule has 0 heterocycles. The van der Waals surface area contributed by atoms with Gasteiger partial charge in [0, 0.05) is 18.2 Å². The molecule has 0 aromatic carbocycles. The number of rotatable bonds is 12. The highest BCUT2D eigenvalue weighted by Gasteiger charge is 2.06. The van der Waals surface area contributed by atoms with E-state index in [1.54, 1.807) is 6.92 Å². The normalized spacial score (nSPS) is 10.2. The van der Waals surface area contributed by atoms with Gasteiger partial charge in [-0.05, 0) is 26.2 Å². The van der Waals surface area contributed by atoms with Crippen molar-refractivity contribution in [3.8, 4) is 0 Å². The van der Waals surface area contributed by atoms with Gasteiger partial charge >= 0.3 is 11.9 Å². The Morgan fingerprint density at radius 3 is 2.05 bits per heavy atom. The van der Waals surface area contributed by atoms with E-state index in [-0.39, 0.29) is 18.4 Å². The Morgan fingerprint density at radius 1 is 0.842 bits per heavy atom. The van der Waals surface area contributed by atoms with Gasteiger partial charge in [-0.2, -0.15) is 0 Å². The Labute approximate surface area is 124 Å². The first kappa shape index (κ1) is 18.4. The molecule has 0 amide bonds. The fraction of sp³-hybridized carbons (Fsp3) is 0.857. The van der Waals surface area contributed by atoms with Crippen LogP contribution in [0.5, 0.6) is 0 Å². The second-order valence-electron chi connectivity index (χ2n) is 4.34. The van der Waals surface area contributed by atoms with E-state index in [1.165, 1.54) is 19.3 Å². The average Bonchev–Trinajstić information content (AvgIpc) is 2.38. The van der Waals surface area contributed by atoms with E-state index in [4.69, 9.17) is 9.47 Å². The molecular formula is C14H25BrO4. The average molecular weight is 337 g/mol. The minimum Gasteiger partial charge on any atom is -0.466 e. The molecule has 0 saturated heterocycles. The van der Waals surface area contributed by atoms with Crippen LogP contribution >= 0.6 is 15.9 Å². The van der Waals surface area contributed by atoms with Crippen molar-refractivity contribution in [1.82, 2.24) is 0 Å². The standard InChI is InChI=1S/C14H25BrO4/c1-2-18-13(16)9-8-10-14(17)19-12-7-5-3-4-6-11-15/h2-12H2,1H3. The molecule has 4 nitrogen and oxygen atoms in total. The Kier molecular flexibility index (Phi) is 13.4. The fourth-order valence-electron chi connectivity index (χ4n) is 1.60. The van der Waals surface area contributed by atoms with Crippen LogP contribution in [-0.2, 0) is 19.1 Å². The minimum atomic E-state index is -0.248.